The molecule has 1 amide bonds. The maximum atomic E-state index is 12.9. The third-order valence-corrected chi connectivity index (χ3v) is 5.77. The predicted molar refractivity (Wildman–Crippen MR) is 123 cm³/mol. The van der Waals surface area contributed by atoms with E-state index in [0.717, 1.165) is 55.2 Å². The Kier molecular flexibility index (Phi) is 7.63. The number of carbonyl (C=O) groups is 2. The van der Waals surface area contributed by atoms with Gasteiger partial charge in [-0.3, -0.25) is 9.69 Å². The lowest BCUT2D eigenvalue weighted by atomic mass is 10.1. The number of rotatable bonds is 6. The lowest BCUT2D eigenvalue weighted by molar-refractivity contribution is -0.120. The highest BCUT2D eigenvalue weighted by Gasteiger charge is 2.25. The Bertz CT molecular complexity index is 893. The number of anilines is 2. The van der Waals surface area contributed by atoms with Gasteiger partial charge in [-0.15, -0.1) is 0 Å². The number of esters is 1. The molecule has 1 aliphatic rings. The van der Waals surface area contributed by atoms with Crippen LogP contribution in [0.5, 0.6) is 0 Å². The summed E-state index contributed by atoms with van der Waals surface area (Å²) in [5.74, 6) is 0.498. The van der Waals surface area contributed by atoms with Crippen LogP contribution in [-0.2, 0) is 9.53 Å². The van der Waals surface area contributed by atoms with E-state index < -0.39 is 0 Å². The Morgan fingerprint density at radius 3 is 2.48 bits per heavy atom. The molecule has 1 aromatic carbocycles. The molecule has 0 saturated carbocycles. The number of amides is 1. The highest BCUT2D eigenvalue weighted by Crippen LogP contribution is 2.21. The molecule has 166 valence electrons. The van der Waals surface area contributed by atoms with Crippen molar-refractivity contribution in [3.63, 3.8) is 0 Å². The molecule has 1 fully saturated rings. The van der Waals surface area contributed by atoms with Crippen LogP contribution in [0.1, 0.15) is 41.8 Å². The number of hydrogen-bond acceptors (Lipinski definition) is 6. The second kappa shape index (κ2) is 10.4. The van der Waals surface area contributed by atoms with E-state index in [9.17, 15) is 9.59 Å². The minimum atomic E-state index is -0.354. The van der Waals surface area contributed by atoms with Crippen LogP contribution in [0.25, 0.3) is 0 Å². The molecule has 31 heavy (non-hydrogen) atoms. The highest BCUT2D eigenvalue weighted by atomic mass is 16.5. The summed E-state index contributed by atoms with van der Waals surface area (Å²) in [5.41, 5.74) is 3.50. The topological polar surface area (TPSA) is 74.8 Å². The number of aromatic nitrogens is 1. The van der Waals surface area contributed by atoms with Crippen LogP contribution < -0.4 is 10.2 Å². The first-order chi connectivity index (χ1) is 14.9. The fourth-order valence-corrected chi connectivity index (χ4v) is 3.87. The van der Waals surface area contributed by atoms with Gasteiger partial charge in [0.15, 0.2) is 0 Å². The SMILES string of the molecule is CCOC(=O)c1ccc(N2CCCN(C(C)C(=O)Nc3c(C)cccc3C)CC2)nc1. The van der Waals surface area contributed by atoms with E-state index in [2.05, 4.69) is 20.1 Å². The Balaban J connectivity index is 1.60. The summed E-state index contributed by atoms with van der Waals surface area (Å²) in [7, 11) is 0. The molecule has 1 aliphatic heterocycles. The quantitative estimate of drug-likeness (QED) is 0.717. The molecule has 1 unspecified atom stereocenters. The second-order valence-corrected chi connectivity index (χ2v) is 7.93. The first-order valence-corrected chi connectivity index (χ1v) is 10.9. The fraction of sp³-hybridized carbons (Fsp3) is 0.458. The third-order valence-electron chi connectivity index (χ3n) is 5.77. The van der Waals surface area contributed by atoms with Crippen molar-refractivity contribution < 1.29 is 14.3 Å². The number of ether oxygens (including phenoxy) is 1. The van der Waals surface area contributed by atoms with Crippen LogP contribution in [0, 0.1) is 13.8 Å². The van der Waals surface area contributed by atoms with Crippen LogP contribution in [0.4, 0.5) is 11.5 Å². The Hall–Kier alpha value is -2.93. The molecular formula is C24H32N4O3. The summed E-state index contributed by atoms with van der Waals surface area (Å²) in [5, 5.41) is 3.12. The van der Waals surface area contributed by atoms with E-state index >= 15 is 0 Å². The van der Waals surface area contributed by atoms with Crippen molar-refractivity contribution in [2.45, 2.75) is 40.2 Å². The first kappa shape index (κ1) is 22.7. The summed E-state index contributed by atoms with van der Waals surface area (Å²) >= 11 is 0. The van der Waals surface area contributed by atoms with Crippen molar-refractivity contribution in [2.75, 3.05) is 43.0 Å². The van der Waals surface area contributed by atoms with Crippen LogP contribution in [0.2, 0.25) is 0 Å². The number of aryl methyl sites for hydroxylation is 2. The zero-order chi connectivity index (χ0) is 22.4. The lowest BCUT2D eigenvalue weighted by Gasteiger charge is -2.27. The van der Waals surface area contributed by atoms with Gasteiger partial charge < -0.3 is 15.0 Å². The number of nitrogens with zero attached hydrogens (tertiary/aromatic N) is 3. The zero-order valence-electron chi connectivity index (χ0n) is 18.9. The smallest absolute Gasteiger partial charge is 0.339 e. The molecular weight excluding hydrogens is 392 g/mol. The number of nitrogens with one attached hydrogen (secondary N) is 1. The molecule has 2 aromatic rings. The maximum absolute atomic E-state index is 12.9. The number of para-hydroxylation sites is 1. The van der Waals surface area contributed by atoms with Gasteiger partial charge in [-0.1, -0.05) is 18.2 Å². The molecule has 0 aliphatic carbocycles. The molecule has 7 heteroatoms. The zero-order valence-corrected chi connectivity index (χ0v) is 18.9. The third kappa shape index (κ3) is 5.61. The van der Waals surface area contributed by atoms with Crippen LogP contribution in [0.15, 0.2) is 36.5 Å². The molecule has 1 saturated heterocycles. The molecule has 3 rings (SSSR count). The molecule has 1 N–H and O–H groups in total. The molecule has 1 atom stereocenters. The van der Waals surface area contributed by atoms with Gasteiger partial charge in [-0.05, 0) is 57.4 Å². The summed E-state index contributed by atoms with van der Waals surface area (Å²) in [4.78, 5) is 33.6. The van der Waals surface area contributed by atoms with Crippen molar-refractivity contribution in [2.24, 2.45) is 0 Å². The highest BCUT2D eigenvalue weighted by molar-refractivity contribution is 5.95. The summed E-state index contributed by atoms with van der Waals surface area (Å²) in [6.07, 6.45) is 2.50. The molecule has 0 spiro atoms. The minimum Gasteiger partial charge on any atom is -0.462 e. The molecule has 0 bridgehead atoms. The summed E-state index contributed by atoms with van der Waals surface area (Å²) in [6, 6.07) is 9.41. The van der Waals surface area contributed by atoms with Gasteiger partial charge in [0.1, 0.15) is 5.82 Å². The Morgan fingerprint density at radius 2 is 1.84 bits per heavy atom. The van der Waals surface area contributed by atoms with Gasteiger partial charge in [0.2, 0.25) is 5.91 Å². The van der Waals surface area contributed by atoms with E-state index in [1.807, 2.05) is 45.0 Å². The normalized spacial score (nSPS) is 15.8. The number of benzene rings is 1. The predicted octanol–water partition coefficient (Wildman–Crippen LogP) is 3.41. The average Bonchev–Trinajstić information content (AvgIpc) is 3.02. The van der Waals surface area contributed by atoms with Crippen molar-refractivity contribution in [3.05, 3.63) is 53.2 Å². The first-order valence-electron chi connectivity index (χ1n) is 10.9. The lowest BCUT2D eigenvalue weighted by Crippen LogP contribution is -2.44. The van der Waals surface area contributed by atoms with Gasteiger partial charge >= 0.3 is 5.97 Å². The van der Waals surface area contributed by atoms with E-state index in [0.29, 0.717) is 12.2 Å². The summed E-state index contributed by atoms with van der Waals surface area (Å²) < 4.78 is 5.02. The molecule has 2 heterocycles. The van der Waals surface area contributed by atoms with E-state index in [1.54, 1.807) is 19.2 Å². The van der Waals surface area contributed by atoms with Gasteiger partial charge in [-0.25, -0.2) is 9.78 Å². The van der Waals surface area contributed by atoms with Gasteiger partial charge in [0.25, 0.3) is 0 Å². The standard InChI is InChI=1S/C24H32N4O3/c1-5-31-24(30)20-10-11-21(25-16-20)28-13-7-12-27(14-15-28)19(4)23(29)26-22-17(2)8-6-9-18(22)3/h6,8-11,16,19H,5,7,12-15H2,1-4H3,(H,26,29). The average molecular weight is 425 g/mol. The number of carbonyl (C=O) groups excluding carboxylic acids is 2. The van der Waals surface area contributed by atoms with Gasteiger partial charge in [0, 0.05) is 38.1 Å². The number of hydrogen-bond donors (Lipinski definition) is 1. The maximum Gasteiger partial charge on any atom is 0.339 e. The van der Waals surface area contributed by atoms with Crippen LogP contribution in [-0.4, -0.2) is 60.6 Å². The monoisotopic (exact) mass is 424 g/mol. The Morgan fingerprint density at radius 1 is 1.10 bits per heavy atom. The number of pyridine rings is 1. The second-order valence-electron chi connectivity index (χ2n) is 7.93. The van der Waals surface area contributed by atoms with E-state index in [4.69, 9.17) is 4.74 Å². The van der Waals surface area contributed by atoms with E-state index in [-0.39, 0.29) is 17.9 Å². The largest absolute Gasteiger partial charge is 0.462 e. The van der Waals surface area contributed by atoms with Crippen LogP contribution in [0.3, 0.4) is 0 Å². The van der Waals surface area contributed by atoms with Gasteiger partial charge in [0.05, 0.1) is 18.2 Å². The Labute approximate surface area is 184 Å². The molecule has 1 aromatic heterocycles. The van der Waals surface area contributed by atoms with E-state index in [1.165, 1.54) is 0 Å². The van der Waals surface area contributed by atoms with Gasteiger partial charge in [-0.2, -0.15) is 0 Å². The fourth-order valence-electron chi connectivity index (χ4n) is 3.87. The van der Waals surface area contributed by atoms with Crippen molar-refractivity contribution in [1.82, 2.24) is 9.88 Å². The van der Waals surface area contributed by atoms with Crippen molar-refractivity contribution in [1.29, 1.82) is 0 Å². The molecule has 7 nitrogen and oxygen atoms in total. The van der Waals surface area contributed by atoms with Crippen molar-refractivity contribution >= 4 is 23.4 Å². The van der Waals surface area contributed by atoms with Crippen molar-refractivity contribution in [3.8, 4) is 0 Å². The van der Waals surface area contributed by atoms with Crippen LogP contribution >= 0.6 is 0 Å². The minimum absolute atomic E-state index is 0.0164. The molecule has 0 radical (unpaired) electrons. The summed E-state index contributed by atoms with van der Waals surface area (Å²) in [6.45, 7) is 11.4.